The molecule has 2 aromatic heterocycles. The maximum atomic E-state index is 14.0. The van der Waals surface area contributed by atoms with E-state index in [2.05, 4.69) is 44.3 Å². The lowest BCUT2D eigenvalue weighted by Crippen LogP contribution is -2.74. The van der Waals surface area contributed by atoms with Crippen LogP contribution in [-0.2, 0) is 32.2 Å². The Kier molecular flexibility index (Phi) is 7.11. The Morgan fingerprint density at radius 3 is 1.68 bits per heavy atom. The van der Waals surface area contributed by atoms with Gasteiger partial charge in [0.2, 0.25) is 0 Å². The summed E-state index contributed by atoms with van der Waals surface area (Å²) in [6.07, 6.45) is 6.53. The SMILES string of the molecule is CCOC(=O)C12NC(=O)N3Cc4c(C#Cc5cccnc5)ccc(C#Cc5cccnc5)c4CN(C(=O)N1)C32C(=O)OCC. The van der Waals surface area contributed by atoms with Crippen LogP contribution in [0, 0.1) is 23.7 Å². The molecule has 0 atom stereocenters. The molecule has 1 aromatic carbocycles. The first-order valence-electron chi connectivity index (χ1n) is 13.9. The number of carbonyl (C=O) groups excluding carboxylic acids is 4. The van der Waals surface area contributed by atoms with Crippen LogP contribution in [0.15, 0.2) is 61.2 Å². The average molecular weight is 591 g/mol. The molecule has 2 saturated heterocycles. The number of pyridine rings is 2. The summed E-state index contributed by atoms with van der Waals surface area (Å²) >= 11 is 0. The van der Waals surface area contributed by atoms with E-state index in [0.717, 1.165) is 9.80 Å². The van der Waals surface area contributed by atoms with Gasteiger partial charge in [-0.15, -0.1) is 0 Å². The molecule has 4 amide bonds. The second kappa shape index (κ2) is 11.1. The number of ether oxygens (including phenoxy) is 2. The first-order chi connectivity index (χ1) is 21.4. The summed E-state index contributed by atoms with van der Waals surface area (Å²) in [7, 11) is 0. The predicted molar refractivity (Wildman–Crippen MR) is 154 cm³/mol. The summed E-state index contributed by atoms with van der Waals surface area (Å²) in [6.45, 7) is 2.64. The van der Waals surface area contributed by atoms with Gasteiger partial charge in [-0.25, -0.2) is 19.2 Å². The summed E-state index contributed by atoms with van der Waals surface area (Å²) in [5.74, 6) is 10.5. The highest BCUT2D eigenvalue weighted by molar-refractivity contribution is 6.09. The maximum Gasteiger partial charge on any atom is 0.358 e. The molecule has 3 aromatic rings. The van der Waals surface area contributed by atoms with Crippen LogP contribution in [0.5, 0.6) is 0 Å². The molecule has 2 fully saturated rings. The Morgan fingerprint density at radius 1 is 0.773 bits per heavy atom. The molecule has 44 heavy (non-hydrogen) atoms. The van der Waals surface area contributed by atoms with Gasteiger partial charge in [-0.1, -0.05) is 23.7 Å². The van der Waals surface area contributed by atoms with Crippen molar-refractivity contribution < 1.29 is 28.7 Å². The van der Waals surface area contributed by atoms with Gasteiger partial charge in [0.1, 0.15) is 0 Å². The minimum atomic E-state index is -2.27. The van der Waals surface area contributed by atoms with Crippen LogP contribution in [0.1, 0.15) is 47.2 Å². The van der Waals surface area contributed by atoms with Crippen LogP contribution in [0.2, 0.25) is 0 Å². The van der Waals surface area contributed by atoms with E-state index in [4.69, 9.17) is 9.47 Å². The number of fused-ring (bicyclic) bond motifs is 1. The lowest BCUT2D eigenvalue weighted by Gasteiger charge is -2.40. The molecule has 0 spiro atoms. The van der Waals surface area contributed by atoms with Crippen LogP contribution in [-0.4, -0.2) is 68.3 Å². The van der Waals surface area contributed by atoms with Gasteiger partial charge < -0.3 is 20.1 Å². The number of nitrogens with zero attached hydrogens (tertiary/aromatic N) is 4. The summed E-state index contributed by atoms with van der Waals surface area (Å²) in [5, 5.41) is 5.10. The molecule has 12 heteroatoms. The van der Waals surface area contributed by atoms with Crippen LogP contribution >= 0.6 is 0 Å². The number of nitrogens with one attached hydrogen (secondary N) is 2. The van der Waals surface area contributed by atoms with E-state index in [-0.39, 0.29) is 26.3 Å². The van der Waals surface area contributed by atoms with Crippen molar-refractivity contribution in [2.75, 3.05) is 13.2 Å². The Balaban J connectivity index is 1.58. The second-order valence-corrected chi connectivity index (χ2v) is 10.00. The highest BCUT2D eigenvalue weighted by Crippen LogP contribution is 2.47. The maximum absolute atomic E-state index is 14.0. The largest absolute Gasteiger partial charge is 0.463 e. The summed E-state index contributed by atoms with van der Waals surface area (Å²) < 4.78 is 10.8. The molecular weight excluding hydrogens is 564 g/mol. The standard InChI is InChI=1S/C32H26N6O6/c1-3-43-27(39)31-32(28(40)44-4-2)37(29(41)35-31)19-25-23(11-9-21-7-5-15-33-17-21)13-14-24(12-10-22-8-6-16-34-18-22)26(25)20-38(32)30(42)36-31/h5-8,13-18H,3-4,19-20H2,1-2H3,(H,35,41)(H,36,42). The highest BCUT2D eigenvalue weighted by Gasteiger charge is 2.82. The Morgan fingerprint density at radius 2 is 1.25 bits per heavy atom. The highest BCUT2D eigenvalue weighted by atomic mass is 16.5. The number of carbonyl (C=O) groups is 4. The molecule has 12 nitrogen and oxygen atoms in total. The molecule has 0 saturated carbocycles. The number of hydrogen-bond donors (Lipinski definition) is 2. The lowest BCUT2D eigenvalue weighted by atomic mass is 9.93. The monoisotopic (exact) mass is 590 g/mol. The van der Waals surface area contributed by atoms with E-state index in [9.17, 15) is 19.2 Å². The second-order valence-electron chi connectivity index (χ2n) is 10.00. The summed E-state index contributed by atoms with van der Waals surface area (Å²) in [4.78, 5) is 65.5. The van der Waals surface area contributed by atoms with Crippen molar-refractivity contribution in [3.8, 4) is 23.7 Å². The first-order valence-corrected chi connectivity index (χ1v) is 13.9. The smallest absolute Gasteiger partial charge is 0.358 e. The van der Waals surface area contributed by atoms with Crippen molar-refractivity contribution in [2.24, 2.45) is 0 Å². The van der Waals surface area contributed by atoms with Crippen LogP contribution in [0.4, 0.5) is 9.59 Å². The topological polar surface area (TPSA) is 143 Å². The fourth-order valence-corrected chi connectivity index (χ4v) is 5.72. The minimum absolute atomic E-state index is 0.0619. The van der Waals surface area contributed by atoms with E-state index in [1.807, 2.05) is 12.1 Å². The molecule has 0 bridgehead atoms. The first kappa shape index (κ1) is 28.2. The number of aromatic nitrogens is 2. The van der Waals surface area contributed by atoms with Gasteiger partial charge in [0.15, 0.2) is 0 Å². The van der Waals surface area contributed by atoms with Gasteiger partial charge >= 0.3 is 24.0 Å². The molecule has 220 valence electrons. The molecule has 5 heterocycles. The van der Waals surface area contributed by atoms with Gasteiger partial charge in [-0.3, -0.25) is 19.8 Å². The van der Waals surface area contributed by atoms with E-state index in [1.165, 1.54) is 0 Å². The molecule has 0 radical (unpaired) electrons. The summed E-state index contributed by atoms with van der Waals surface area (Å²) in [6, 6.07) is 9.14. The normalized spacial score (nSPS) is 20.9. The van der Waals surface area contributed by atoms with Gasteiger partial charge in [0.05, 0.1) is 26.3 Å². The van der Waals surface area contributed by atoms with E-state index < -0.39 is 35.3 Å². The van der Waals surface area contributed by atoms with Crippen molar-refractivity contribution in [3.05, 3.63) is 94.6 Å². The lowest BCUT2D eigenvalue weighted by molar-refractivity contribution is -0.178. The van der Waals surface area contributed by atoms with Gasteiger partial charge in [0.25, 0.3) is 11.3 Å². The number of esters is 2. The van der Waals surface area contributed by atoms with Crippen molar-refractivity contribution in [2.45, 2.75) is 38.3 Å². The zero-order valence-electron chi connectivity index (χ0n) is 23.8. The van der Waals surface area contributed by atoms with Crippen molar-refractivity contribution in [3.63, 3.8) is 0 Å². The fraction of sp³-hybridized carbons (Fsp3) is 0.250. The molecular formula is C32H26N6O6. The number of urea groups is 2. The fourth-order valence-electron chi connectivity index (χ4n) is 5.72. The zero-order chi connectivity index (χ0) is 30.9. The van der Waals surface area contributed by atoms with Crippen LogP contribution in [0.3, 0.4) is 0 Å². The van der Waals surface area contributed by atoms with Crippen LogP contribution < -0.4 is 10.6 Å². The number of benzene rings is 1. The van der Waals surface area contributed by atoms with E-state index in [1.54, 1.807) is 62.9 Å². The molecule has 6 rings (SSSR count). The van der Waals surface area contributed by atoms with Crippen LogP contribution in [0.25, 0.3) is 0 Å². The Hall–Kier alpha value is -5.88. The predicted octanol–water partition coefficient (Wildman–Crippen LogP) is 1.86. The Bertz CT molecular complexity index is 1700. The third kappa shape index (κ3) is 4.27. The van der Waals surface area contributed by atoms with Crippen molar-refractivity contribution in [1.29, 1.82) is 0 Å². The zero-order valence-corrected chi connectivity index (χ0v) is 23.8. The number of amides is 4. The molecule has 2 N–H and O–H groups in total. The molecule has 0 aliphatic carbocycles. The molecule has 3 aliphatic rings. The quantitative estimate of drug-likeness (QED) is 0.346. The number of rotatable bonds is 4. The Labute approximate surface area is 252 Å². The summed E-state index contributed by atoms with van der Waals surface area (Å²) in [5.41, 5.74) is -0.994. The van der Waals surface area contributed by atoms with Crippen molar-refractivity contribution >= 4 is 24.0 Å². The van der Waals surface area contributed by atoms with E-state index >= 15 is 0 Å². The third-order valence-corrected chi connectivity index (χ3v) is 7.59. The van der Waals surface area contributed by atoms with Gasteiger partial charge in [-0.05, 0) is 61.4 Å². The molecule has 3 aliphatic heterocycles. The average Bonchev–Trinajstić information content (AvgIpc) is 3.32. The van der Waals surface area contributed by atoms with Crippen molar-refractivity contribution in [1.82, 2.24) is 30.4 Å². The van der Waals surface area contributed by atoms with E-state index in [0.29, 0.717) is 33.4 Å². The van der Waals surface area contributed by atoms with Gasteiger partial charge in [0, 0.05) is 47.0 Å². The van der Waals surface area contributed by atoms with Gasteiger partial charge in [-0.2, -0.15) is 0 Å². The minimum Gasteiger partial charge on any atom is -0.463 e. The molecule has 0 unspecified atom stereocenters. The third-order valence-electron chi connectivity index (χ3n) is 7.59. The number of hydrogen-bond acceptors (Lipinski definition) is 8.